The van der Waals surface area contributed by atoms with Crippen molar-refractivity contribution in [2.24, 2.45) is 0 Å². The maximum absolute atomic E-state index is 6.26. The predicted molar refractivity (Wildman–Crippen MR) is 75.8 cm³/mol. The maximum atomic E-state index is 6.26. The third kappa shape index (κ3) is 2.41. The summed E-state index contributed by atoms with van der Waals surface area (Å²) in [7, 11) is 0. The molecule has 0 saturated carbocycles. The number of nitrogens with two attached hydrogens (primary N) is 1. The molecule has 0 heterocycles. The standard InChI is InChI=1S/C14H13Cl2N/c1-8-5-12(13(16)6-9(8)2)11-4-3-10(15)7-14(11)17/h3-7H,17H2,1-2H3. The van der Waals surface area contributed by atoms with Crippen molar-refractivity contribution in [2.45, 2.75) is 13.8 Å². The molecule has 0 amide bonds. The Kier molecular flexibility index (Phi) is 3.32. The summed E-state index contributed by atoms with van der Waals surface area (Å²) in [5, 5.41) is 1.34. The fourth-order valence-corrected chi connectivity index (χ4v) is 2.27. The zero-order valence-corrected chi connectivity index (χ0v) is 11.2. The largest absolute Gasteiger partial charge is 0.398 e. The quantitative estimate of drug-likeness (QED) is 0.733. The van der Waals surface area contributed by atoms with Crippen molar-refractivity contribution in [2.75, 3.05) is 5.73 Å². The van der Waals surface area contributed by atoms with Crippen LogP contribution in [0.4, 0.5) is 5.69 Å². The first-order valence-electron chi connectivity index (χ1n) is 5.31. The van der Waals surface area contributed by atoms with Crippen molar-refractivity contribution in [1.82, 2.24) is 0 Å². The lowest BCUT2D eigenvalue weighted by molar-refractivity contribution is 1.34. The number of hydrogen-bond acceptors (Lipinski definition) is 1. The first-order chi connectivity index (χ1) is 7.99. The summed E-state index contributed by atoms with van der Waals surface area (Å²) < 4.78 is 0. The Labute approximate surface area is 111 Å². The van der Waals surface area contributed by atoms with E-state index in [-0.39, 0.29) is 0 Å². The van der Waals surface area contributed by atoms with E-state index in [0.29, 0.717) is 15.7 Å². The summed E-state index contributed by atoms with van der Waals surface area (Å²) in [5.41, 5.74) is 10.8. The van der Waals surface area contributed by atoms with Gasteiger partial charge in [0.1, 0.15) is 0 Å². The number of anilines is 1. The first-order valence-corrected chi connectivity index (χ1v) is 6.07. The van der Waals surface area contributed by atoms with Gasteiger partial charge in [-0.1, -0.05) is 29.3 Å². The van der Waals surface area contributed by atoms with E-state index >= 15 is 0 Å². The zero-order chi connectivity index (χ0) is 12.6. The van der Waals surface area contributed by atoms with Gasteiger partial charge in [0.15, 0.2) is 0 Å². The highest BCUT2D eigenvalue weighted by Crippen LogP contribution is 2.35. The minimum absolute atomic E-state index is 0.631. The van der Waals surface area contributed by atoms with Gasteiger partial charge in [-0.05, 0) is 49.2 Å². The predicted octanol–water partition coefficient (Wildman–Crippen LogP) is 4.86. The number of halogens is 2. The van der Waals surface area contributed by atoms with Crippen molar-refractivity contribution in [1.29, 1.82) is 0 Å². The molecule has 2 aromatic rings. The fraction of sp³-hybridized carbons (Fsp3) is 0.143. The van der Waals surface area contributed by atoms with Gasteiger partial charge in [-0.3, -0.25) is 0 Å². The second kappa shape index (κ2) is 4.59. The van der Waals surface area contributed by atoms with Crippen molar-refractivity contribution in [3.63, 3.8) is 0 Å². The lowest BCUT2D eigenvalue weighted by atomic mass is 9.99. The minimum atomic E-state index is 0.631. The van der Waals surface area contributed by atoms with E-state index in [1.165, 1.54) is 11.1 Å². The van der Waals surface area contributed by atoms with E-state index in [0.717, 1.165) is 11.1 Å². The summed E-state index contributed by atoms with van der Waals surface area (Å²) in [6, 6.07) is 9.46. The van der Waals surface area contributed by atoms with E-state index in [2.05, 4.69) is 13.0 Å². The second-order valence-electron chi connectivity index (χ2n) is 4.15. The number of benzene rings is 2. The Hall–Kier alpha value is -1.18. The fourth-order valence-electron chi connectivity index (χ4n) is 1.77. The van der Waals surface area contributed by atoms with Crippen LogP contribution in [0.25, 0.3) is 11.1 Å². The van der Waals surface area contributed by atoms with E-state index in [4.69, 9.17) is 28.9 Å². The van der Waals surface area contributed by atoms with Gasteiger partial charge < -0.3 is 5.73 Å². The van der Waals surface area contributed by atoms with Gasteiger partial charge in [-0.2, -0.15) is 0 Å². The maximum Gasteiger partial charge on any atom is 0.0487 e. The SMILES string of the molecule is Cc1cc(Cl)c(-c2ccc(Cl)cc2N)cc1C. The van der Waals surface area contributed by atoms with Crippen molar-refractivity contribution in [3.8, 4) is 11.1 Å². The Morgan fingerprint density at radius 3 is 2.18 bits per heavy atom. The molecule has 0 atom stereocenters. The van der Waals surface area contributed by atoms with E-state index in [1.54, 1.807) is 6.07 Å². The molecule has 0 fully saturated rings. The first kappa shape index (κ1) is 12.3. The minimum Gasteiger partial charge on any atom is -0.398 e. The smallest absolute Gasteiger partial charge is 0.0487 e. The summed E-state index contributed by atoms with van der Waals surface area (Å²) in [6.45, 7) is 4.09. The van der Waals surface area contributed by atoms with Crippen LogP contribution in [0.15, 0.2) is 30.3 Å². The van der Waals surface area contributed by atoms with E-state index in [9.17, 15) is 0 Å². The zero-order valence-electron chi connectivity index (χ0n) is 9.72. The van der Waals surface area contributed by atoms with E-state index < -0.39 is 0 Å². The molecule has 3 heteroatoms. The molecular weight excluding hydrogens is 253 g/mol. The van der Waals surface area contributed by atoms with Crippen LogP contribution in [0.2, 0.25) is 10.0 Å². The summed E-state index contributed by atoms with van der Waals surface area (Å²) in [5.74, 6) is 0. The Bertz CT molecular complexity index is 577. The average molecular weight is 266 g/mol. The van der Waals surface area contributed by atoms with Crippen LogP contribution in [-0.2, 0) is 0 Å². The summed E-state index contributed by atoms with van der Waals surface area (Å²) >= 11 is 12.1. The Morgan fingerprint density at radius 2 is 1.53 bits per heavy atom. The number of nitrogen functional groups attached to an aromatic ring is 1. The molecule has 0 aromatic heterocycles. The highest BCUT2D eigenvalue weighted by Gasteiger charge is 2.09. The monoisotopic (exact) mass is 265 g/mol. The molecule has 2 N–H and O–H groups in total. The molecule has 88 valence electrons. The van der Waals surface area contributed by atoms with Crippen molar-refractivity contribution >= 4 is 28.9 Å². The molecule has 2 aromatic carbocycles. The molecule has 0 saturated heterocycles. The van der Waals surface area contributed by atoms with Gasteiger partial charge in [-0.15, -0.1) is 0 Å². The van der Waals surface area contributed by atoms with Gasteiger partial charge in [0, 0.05) is 26.9 Å². The Balaban J connectivity index is 2.64. The second-order valence-corrected chi connectivity index (χ2v) is 4.99. The number of rotatable bonds is 1. The molecule has 1 nitrogen and oxygen atoms in total. The lowest BCUT2D eigenvalue weighted by Gasteiger charge is -2.11. The third-order valence-corrected chi connectivity index (χ3v) is 3.43. The highest BCUT2D eigenvalue weighted by atomic mass is 35.5. The molecular formula is C14H13Cl2N. The van der Waals surface area contributed by atoms with Crippen LogP contribution in [0.1, 0.15) is 11.1 Å². The summed E-state index contributed by atoms with van der Waals surface area (Å²) in [4.78, 5) is 0. The molecule has 0 aliphatic rings. The van der Waals surface area contributed by atoms with Gasteiger partial charge in [0.2, 0.25) is 0 Å². The molecule has 0 aliphatic heterocycles. The molecule has 0 aliphatic carbocycles. The number of aryl methyl sites for hydroxylation is 2. The topological polar surface area (TPSA) is 26.0 Å². The molecule has 17 heavy (non-hydrogen) atoms. The molecule has 0 unspecified atom stereocenters. The molecule has 2 rings (SSSR count). The third-order valence-electron chi connectivity index (χ3n) is 2.89. The normalized spacial score (nSPS) is 10.6. The van der Waals surface area contributed by atoms with Crippen LogP contribution >= 0.6 is 23.2 Å². The number of hydrogen-bond donors (Lipinski definition) is 1. The highest BCUT2D eigenvalue weighted by molar-refractivity contribution is 6.34. The van der Waals surface area contributed by atoms with Crippen molar-refractivity contribution in [3.05, 3.63) is 51.5 Å². The van der Waals surface area contributed by atoms with Crippen LogP contribution in [0.3, 0.4) is 0 Å². The van der Waals surface area contributed by atoms with Crippen LogP contribution in [0, 0.1) is 13.8 Å². The van der Waals surface area contributed by atoms with Crippen LogP contribution < -0.4 is 5.73 Å². The van der Waals surface area contributed by atoms with Gasteiger partial charge in [0.05, 0.1) is 0 Å². The molecule has 0 radical (unpaired) electrons. The average Bonchev–Trinajstić information content (AvgIpc) is 2.24. The van der Waals surface area contributed by atoms with Gasteiger partial charge in [-0.25, -0.2) is 0 Å². The molecule has 0 spiro atoms. The van der Waals surface area contributed by atoms with Crippen LogP contribution in [0.5, 0.6) is 0 Å². The Morgan fingerprint density at radius 1 is 0.882 bits per heavy atom. The van der Waals surface area contributed by atoms with Gasteiger partial charge >= 0.3 is 0 Å². The lowest BCUT2D eigenvalue weighted by Crippen LogP contribution is -1.92. The molecule has 0 bridgehead atoms. The van der Waals surface area contributed by atoms with Crippen LogP contribution in [-0.4, -0.2) is 0 Å². The summed E-state index contributed by atoms with van der Waals surface area (Å²) in [6.07, 6.45) is 0. The van der Waals surface area contributed by atoms with Crippen molar-refractivity contribution < 1.29 is 0 Å². The van der Waals surface area contributed by atoms with Gasteiger partial charge in [0.25, 0.3) is 0 Å². The van der Waals surface area contributed by atoms with E-state index in [1.807, 2.05) is 25.1 Å².